The first-order valence-electron chi connectivity index (χ1n) is 6.79. The molecule has 0 saturated heterocycles. The number of aromatic amines is 1. The number of rotatable bonds is 6. The highest BCUT2D eigenvalue weighted by Gasteiger charge is 2.44. The summed E-state index contributed by atoms with van der Waals surface area (Å²) < 4.78 is 4.76. The van der Waals surface area contributed by atoms with E-state index in [0.29, 0.717) is 6.42 Å². The number of carbonyl (C=O) groups excluding carboxylic acids is 1. The Morgan fingerprint density at radius 1 is 1.45 bits per heavy atom. The smallest absolute Gasteiger partial charge is 0.306 e. The first-order valence-corrected chi connectivity index (χ1v) is 7.94. The molecular weight excluding hydrogens is 272 g/mol. The lowest BCUT2D eigenvalue weighted by Gasteiger charge is -2.12. The highest BCUT2D eigenvalue weighted by Crippen LogP contribution is 2.51. The van der Waals surface area contributed by atoms with E-state index in [2.05, 4.69) is 9.97 Å². The highest BCUT2D eigenvalue weighted by molar-refractivity contribution is 7.98. The third kappa shape index (κ3) is 2.98. The average Bonchev–Trinajstić information content (AvgIpc) is 3.07. The number of nitrogens with zero attached hydrogens (tertiary/aromatic N) is 1. The predicted molar refractivity (Wildman–Crippen MR) is 80.6 cm³/mol. The molecule has 1 N–H and O–H groups in total. The lowest BCUT2D eigenvalue weighted by molar-refractivity contribution is -0.141. The lowest BCUT2D eigenvalue weighted by Crippen LogP contribution is -2.13. The summed E-state index contributed by atoms with van der Waals surface area (Å²) in [6, 6.07) is 8.05. The number of ether oxygens (including phenoxy) is 1. The Kier molecular flexibility index (Phi) is 3.70. The van der Waals surface area contributed by atoms with Gasteiger partial charge in [0.1, 0.15) is 5.82 Å². The van der Waals surface area contributed by atoms with E-state index in [-0.39, 0.29) is 11.4 Å². The molecule has 1 aliphatic rings. The van der Waals surface area contributed by atoms with E-state index < -0.39 is 0 Å². The summed E-state index contributed by atoms with van der Waals surface area (Å²) in [6.45, 7) is 0. The summed E-state index contributed by atoms with van der Waals surface area (Å²) >= 11 is 1.84. The maximum atomic E-state index is 11.4. The van der Waals surface area contributed by atoms with Crippen LogP contribution < -0.4 is 0 Å². The minimum Gasteiger partial charge on any atom is -0.469 e. The predicted octanol–water partition coefficient (Wildman–Crippen LogP) is 3.14. The van der Waals surface area contributed by atoms with Crippen LogP contribution in [0, 0.1) is 5.41 Å². The Morgan fingerprint density at radius 3 is 2.95 bits per heavy atom. The van der Waals surface area contributed by atoms with Crippen LogP contribution in [0.2, 0.25) is 0 Å². The van der Waals surface area contributed by atoms with E-state index in [1.807, 2.05) is 36.0 Å². The van der Waals surface area contributed by atoms with Crippen LogP contribution in [0.4, 0.5) is 0 Å². The van der Waals surface area contributed by atoms with Crippen molar-refractivity contribution in [1.29, 1.82) is 0 Å². The molecule has 1 aliphatic carbocycles. The molecule has 0 aliphatic heterocycles. The molecule has 3 rings (SSSR count). The van der Waals surface area contributed by atoms with Crippen molar-refractivity contribution < 1.29 is 9.53 Å². The molecule has 106 valence electrons. The van der Waals surface area contributed by atoms with Crippen LogP contribution in [0.3, 0.4) is 0 Å². The van der Waals surface area contributed by atoms with Crippen molar-refractivity contribution in [3.8, 4) is 0 Å². The second-order valence-corrected chi connectivity index (χ2v) is 6.43. The van der Waals surface area contributed by atoms with Crippen LogP contribution in [0.5, 0.6) is 0 Å². The average molecular weight is 290 g/mol. The summed E-state index contributed by atoms with van der Waals surface area (Å²) in [5.74, 6) is 2.77. The van der Waals surface area contributed by atoms with Crippen molar-refractivity contribution in [2.75, 3.05) is 12.9 Å². The fourth-order valence-corrected chi connectivity index (χ4v) is 3.62. The molecule has 0 atom stereocenters. The molecule has 1 heterocycles. The second kappa shape index (κ2) is 5.48. The monoisotopic (exact) mass is 290 g/mol. The topological polar surface area (TPSA) is 55.0 Å². The number of thioether (sulfide) groups is 1. The summed E-state index contributed by atoms with van der Waals surface area (Å²) in [6.07, 6.45) is 2.82. The number of methoxy groups -OCH3 is 1. The largest absolute Gasteiger partial charge is 0.469 e. The maximum Gasteiger partial charge on any atom is 0.306 e. The summed E-state index contributed by atoms with van der Waals surface area (Å²) in [4.78, 5) is 19.3. The number of fused-ring (bicyclic) bond motifs is 1. The number of benzene rings is 1. The van der Waals surface area contributed by atoms with Crippen molar-refractivity contribution >= 4 is 28.8 Å². The van der Waals surface area contributed by atoms with E-state index in [0.717, 1.165) is 41.2 Å². The summed E-state index contributed by atoms with van der Waals surface area (Å²) in [5.41, 5.74) is 2.28. The fourth-order valence-electron chi connectivity index (χ4n) is 2.37. The molecule has 20 heavy (non-hydrogen) atoms. The number of H-pyrrole nitrogens is 1. The quantitative estimate of drug-likeness (QED) is 0.830. The van der Waals surface area contributed by atoms with Crippen molar-refractivity contribution in [2.24, 2.45) is 5.41 Å². The van der Waals surface area contributed by atoms with Gasteiger partial charge in [0.2, 0.25) is 0 Å². The van der Waals surface area contributed by atoms with Gasteiger partial charge in [-0.05, 0) is 36.1 Å². The fraction of sp³-hybridized carbons (Fsp3) is 0.467. The number of aromatic nitrogens is 2. The molecule has 0 radical (unpaired) electrons. The van der Waals surface area contributed by atoms with Gasteiger partial charge >= 0.3 is 5.97 Å². The van der Waals surface area contributed by atoms with Crippen LogP contribution in [-0.4, -0.2) is 28.8 Å². The first kappa shape index (κ1) is 13.5. The normalized spacial score (nSPS) is 16.2. The number of para-hydroxylation sites is 2. The number of carbonyl (C=O) groups is 1. The van der Waals surface area contributed by atoms with Gasteiger partial charge in [0.15, 0.2) is 0 Å². The number of hydrogen-bond donors (Lipinski definition) is 1. The third-order valence-electron chi connectivity index (χ3n) is 3.79. The summed E-state index contributed by atoms with van der Waals surface area (Å²) in [7, 11) is 1.46. The minimum absolute atomic E-state index is 0.0909. The zero-order valence-electron chi connectivity index (χ0n) is 11.5. The van der Waals surface area contributed by atoms with E-state index in [9.17, 15) is 4.79 Å². The van der Waals surface area contributed by atoms with Crippen LogP contribution in [-0.2, 0) is 15.3 Å². The number of esters is 1. The molecule has 1 fully saturated rings. The molecule has 0 bridgehead atoms. The lowest BCUT2D eigenvalue weighted by atomic mass is 10.1. The highest BCUT2D eigenvalue weighted by atomic mass is 32.2. The van der Waals surface area contributed by atoms with Crippen LogP contribution in [0.15, 0.2) is 24.3 Å². The van der Waals surface area contributed by atoms with Gasteiger partial charge in [-0.15, -0.1) is 0 Å². The Morgan fingerprint density at radius 2 is 2.25 bits per heavy atom. The van der Waals surface area contributed by atoms with Crippen molar-refractivity contribution in [2.45, 2.75) is 25.0 Å². The van der Waals surface area contributed by atoms with E-state index in [1.165, 1.54) is 7.11 Å². The molecule has 1 aromatic heterocycles. The zero-order chi connectivity index (χ0) is 14.0. The van der Waals surface area contributed by atoms with Gasteiger partial charge in [-0.3, -0.25) is 4.79 Å². The Labute approximate surface area is 122 Å². The molecule has 1 aromatic carbocycles. The van der Waals surface area contributed by atoms with Gasteiger partial charge in [0.25, 0.3) is 0 Å². The number of nitrogens with one attached hydrogen (secondary N) is 1. The zero-order valence-corrected chi connectivity index (χ0v) is 12.3. The molecule has 0 amide bonds. The van der Waals surface area contributed by atoms with Gasteiger partial charge in [0.05, 0.1) is 30.3 Å². The van der Waals surface area contributed by atoms with Crippen LogP contribution in [0.25, 0.3) is 11.0 Å². The molecule has 0 spiro atoms. The van der Waals surface area contributed by atoms with Crippen LogP contribution in [0.1, 0.15) is 25.1 Å². The van der Waals surface area contributed by atoms with Gasteiger partial charge in [-0.2, -0.15) is 11.8 Å². The number of imidazole rings is 1. The molecule has 2 aromatic rings. The van der Waals surface area contributed by atoms with E-state index in [1.54, 1.807) is 0 Å². The van der Waals surface area contributed by atoms with Crippen molar-refractivity contribution in [3.63, 3.8) is 0 Å². The van der Waals surface area contributed by atoms with E-state index in [4.69, 9.17) is 4.74 Å². The minimum atomic E-state index is -0.0909. The third-order valence-corrected chi connectivity index (χ3v) is 5.08. The number of hydrogen-bond acceptors (Lipinski definition) is 4. The van der Waals surface area contributed by atoms with Crippen LogP contribution >= 0.6 is 11.8 Å². The molecule has 5 heteroatoms. The SMILES string of the molecule is COC(=O)CC1(CSCc2nc3ccccc3[nH]2)CC1. The maximum absolute atomic E-state index is 11.4. The van der Waals surface area contributed by atoms with Gasteiger partial charge in [0, 0.05) is 0 Å². The molecule has 4 nitrogen and oxygen atoms in total. The molecule has 1 saturated carbocycles. The van der Waals surface area contributed by atoms with Gasteiger partial charge in [-0.25, -0.2) is 4.98 Å². The Hall–Kier alpha value is -1.49. The van der Waals surface area contributed by atoms with Gasteiger partial charge in [-0.1, -0.05) is 12.1 Å². The van der Waals surface area contributed by atoms with Crippen molar-refractivity contribution in [3.05, 3.63) is 30.1 Å². The van der Waals surface area contributed by atoms with E-state index >= 15 is 0 Å². The molecule has 0 unspecified atom stereocenters. The second-order valence-electron chi connectivity index (χ2n) is 5.45. The molecular formula is C15H18N2O2S. The summed E-state index contributed by atoms with van der Waals surface area (Å²) in [5, 5.41) is 0. The first-order chi connectivity index (χ1) is 9.71. The van der Waals surface area contributed by atoms with Crippen molar-refractivity contribution in [1.82, 2.24) is 9.97 Å². The van der Waals surface area contributed by atoms with Gasteiger partial charge < -0.3 is 9.72 Å². The Balaban J connectivity index is 1.53. The standard InChI is InChI=1S/C15H18N2O2S/c1-19-14(18)8-15(6-7-15)10-20-9-13-16-11-4-2-3-5-12(11)17-13/h2-5H,6-10H2,1H3,(H,16,17). The Bertz CT molecular complexity index is 586.